The van der Waals surface area contributed by atoms with E-state index in [1.54, 1.807) is 13.8 Å². The third-order valence-electron chi connectivity index (χ3n) is 7.57. The molecule has 28 heavy (non-hydrogen) atoms. The topological polar surface area (TPSA) is 57.5 Å². The average molecular weight is 379 g/mol. The van der Waals surface area contributed by atoms with Crippen LogP contribution < -0.4 is 0 Å². The van der Waals surface area contributed by atoms with Crippen molar-refractivity contribution in [2.75, 3.05) is 0 Å². The zero-order chi connectivity index (χ0) is 20.2. The second-order valence-corrected chi connectivity index (χ2v) is 9.05. The molecular weight excluding hydrogens is 348 g/mol. The fourth-order valence-electron chi connectivity index (χ4n) is 5.95. The molecule has 3 nitrogen and oxygen atoms in total. The monoisotopic (exact) mass is 378 g/mol. The molecule has 2 N–H and O–H groups in total. The second kappa shape index (κ2) is 6.53. The third-order valence-corrected chi connectivity index (χ3v) is 7.57. The van der Waals surface area contributed by atoms with Crippen LogP contribution in [0.3, 0.4) is 0 Å². The van der Waals surface area contributed by atoms with E-state index in [0.29, 0.717) is 18.8 Å². The van der Waals surface area contributed by atoms with E-state index >= 15 is 0 Å². The van der Waals surface area contributed by atoms with Gasteiger partial charge in [-0.2, -0.15) is 0 Å². The Balaban J connectivity index is 1.81. The highest BCUT2D eigenvalue weighted by Crippen LogP contribution is 2.59. The van der Waals surface area contributed by atoms with Gasteiger partial charge in [0, 0.05) is 11.0 Å². The van der Waals surface area contributed by atoms with Crippen molar-refractivity contribution in [3.05, 3.63) is 70.8 Å². The summed E-state index contributed by atoms with van der Waals surface area (Å²) in [6.45, 7) is 5.57. The quantitative estimate of drug-likeness (QED) is 0.772. The van der Waals surface area contributed by atoms with E-state index in [9.17, 15) is 15.0 Å². The first-order valence-corrected chi connectivity index (χ1v) is 10.4. The number of hydrogen-bond donors (Lipinski definition) is 2. The van der Waals surface area contributed by atoms with Crippen LogP contribution in [-0.2, 0) is 17.4 Å². The molecule has 1 fully saturated rings. The van der Waals surface area contributed by atoms with E-state index < -0.39 is 11.2 Å². The molecule has 2 aliphatic rings. The number of aliphatic hydroxyl groups is 2. The molecule has 148 valence electrons. The molecule has 0 spiro atoms. The SMILES string of the molecule is CCC12C[C@@](C)(O)[C@](O)(c3ccccc3)CC1CCc1cc(C(C)=O)ccc12. The van der Waals surface area contributed by atoms with Crippen molar-refractivity contribution in [1.82, 2.24) is 0 Å². The molecule has 3 heteroatoms. The molecule has 0 heterocycles. The van der Waals surface area contributed by atoms with Crippen molar-refractivity contribution in [2.24, 2.45) is 5.92 Å². The number of ketones is 1. The summed E-state index contributed by atoms with van der Waals surface area (Å²) in [5.74, 6) is 0.378. The van der Waals surface area contributed by atoms with Gasteiger partial charge in [-0.05, 0) is 74.6 Å². The lowest BCUT2D eigenvalue weighted by Crippen LogP contribution is -2.62. The van der Waals surface area contributed by atoms with E-state index in [4.69, 9.17) is 0 Å². The van der Waals surface area contributed by atoms with Gasteiger partial charge in [0.1, 0.15) is 5.60 Å². The Kier molecular flexibility index (Phi) is 4.52. The van der Waals surface area contributed by atoms with Crippen LogP contribution in [0, 0.1) is 5.92 Å². The number of carbonyl (C=O) groups is 1. The maximum absolute atomic E-state index is 11.8. The van der Waals surface area contributed by atoms with Crippen LogP contribution in [0.5, 0.6) is 0 Å². The normalized spacial score (nSPS) is 34.4. The van der Waals surface area contributed by atoms with E-state index in [2.05, 4.69) is 13.0 Å². The van der Waals surface area contributed by atoms with E-state index in [1.165, 1.54) is 11.1 Å². The van der Waals surface area contributed by atoms with Crippen molar-refractivity contribution < 1.29 is 15.0 Å². The van der Waals surface area contributed by atoms with Crippen LogP contribution in [-0.4, -0.2) is 21.6 Å². The number of hydrogen-bond acceptors (Lipinski definition) is 3. The maximum Gasteiger partial charge on any atom is 0.159 e. The Bertz CT molecular complexity index is 901. The molecule has 4 rings (SSSR count). The van der Waals surface area contributed by atoms with Crippen molar-refractivity contribution in [3.8, 4) is 0 Å². The Morgan fingerprint density at radius 2 is 1.86 bits per heavy atom. The summed E-state index contributed by atoms with van der Waals surface area (Å²) in [6.07, 6.45) is 3.85. The van der Waals surface area contributed by atoms with Crippen LogP contribution >= 0.6 is 0 Å². The summed E-state index contributed by atoms with van der Waals surface area (Å²) >= 11 is 0. The molecule has 0 aliphatic heterocycles. The number of fused-ring (bicyclic) bond motifs is 3. The molecule has 0 radical (unpaired) electrons. The first kappa shape index (κ1) is 19.4. The zero-order valence-electron chi connectivity index (χ0n) is 17.0. The minimum atomic E-state index is -1.26. The van der Waals surface area contributed by atoms with Gasteiger partial charge in [-0.3, -0.25) is 4.79 Å². The van der Waals surface area contributed by atoms with Crippen LogP contribution in [0.2, 0.25) is 0 Å². The summed E-state index contributed by atoms with van der Waals surface area (Å²) < 4.78 is 0. The van der Waals surface area contributed by atoms with Crippen molar-refractivity contribution in [2.45, 2.75) is 69.5 Å². The number of Topliss-reactive ketones (excluding diaryl/α,β-unsaturated/α-hetero) is 1. The Hall–Kier alpha value is -1.97. The molecule has 2 aromatic rings. The Labute approximate surface area is 167 Å². The van der Waals surface area contributed by atoms with Crippen molar-refractivity contribution >= 4 is 5.78 Å². The molecule has 2 aromatic carbocycles. The highest BCUT2D eigenvalue weighted by atomic mass is 16.4. The van der Waals surface area contributed by atoms with Gasteiger partial charge >= 0.3 is 0 Å². The van der Waals surface area contributed by atoms with Crippen LogP contribution in [0.4, 0.5) is 0 Å². The molecule has 0 saturated heterocycles. The maximum atomic E-state index is 11.8. The summed E-state index contributed by atoms with van der Waals surface area (Å²) in [4.78, 5) is 11.8. The fourth-order valence-corrected chi connectivity index (χ4v) is 5.95. The molecule has 2 unspecified atom stereocenters. The second-order valence-electron chi connectivity index (χ2n) is 9.05. The highest BCUT2D eigenvalue weighted by molar-refractivity contribution is 5.94. The van der Waals surface area contributed by atoms with Gasteiger partial charge in [-0.1, -0.05) is 49.4 Å². The number of carbonyl (C=O) groups excluding carboxylic acids is 1. The van der Waals surface area contributed by atoms with Crippen LogP contribution in [0.1, 0.15) is 73.5 Å². The Morgan fingerprint density at radius 3 is 2.50 bits per heavy atom. The van der Waals surface area contributed by atoms with Gasteiger partial charge in [0.05, 0.1) is 5.60 Å². The molecular formula is C25H30O3. The van der Waals surface area contributed by atoms with Crippen molar-refractivity contribution in [1.29, 1.82) is 0 Å². The first-order valence-electron chi connectivity index (χ1n) is 10.4. The standard InChI is InChI=1S/C25H30O3/c1-4-24-16-23(3,27)25(28,20-8-6-5-7-9-20)15-21(24)12-10-19-14-18(17(2)26)11-13-22(19)24/h5-9,11,13-14,21,27-28H,4,10,12,15-16H2,1-3H3/t21?,23-,24?,25-/m1/s1. The molecule has 1 saturated carbocycles. The number of aryl methyl sites for hydroxylation is 1. The molecule has 2 aliphatic carbocycles. The van der Waals surface area contributed by atoms with Gasteiger partial charge in [0.25, 0.3) is 0 Å². The van der Waals surface area contributed by atoms with Gasteiger partial charge in [0.2, 0.25) is 0 Å². The van der Waals surface area contributed by atoms with Gasteiger partial charge in [-0.25, -0.2) is 0 Å². The summed E-state index contributed by atoms with van der Waals surface area (Å²) in [5.41, 5.74) is 1.36. The van der Waals surface area contributed by atoms with E-state index in [-0.39, 0.29) is 11.2 Å². The minimum absolute atomic E-state index is 0.0876. The van der Waals surface area contributed by atoms with Gasteiger partial charge < -0.3 is 10.2 Å². The lowest BCUT2D eigenvalue weighted by atomic mass is 9.49. The van der Waals surface area contributed by atoms with Crippen LogP contribution in [0.25, 0.3) is 0 Å². The molecule has 0 amide bonds. The third kappa shape index (κ3) is 2.67. The summed E-state index contributed by atoms with van der Waals surface area (Å²) in [6, 6.07) is 15.7. The highest BCUT2D eigenvalue weighted by Gasteiger charge is 2.60. The summed E-state index contributed by atoms with van der Waals surface area (Å²) in [7, 11) is 0. The average Bonchev–Trinajstić information content (AvgIpc) is 2.69. The Morgan fingerprint density at radius 1 is 1.14 bits per heavy atom. The zero-order valence-corrected chi connectivity index (χ0v) is 17.0. The predicted octanol–water partition coefficient (Wildman–Crippen LogP) is 4.53. The number of rotatable bonds is 3. The molecule has 4 atom stereocenters. The smallest absolute Gasteiger partial charge is 0.159 e. The largest absolute Gasteiger partial charge is 0.387 e. The van der Waals surface area contributed by atoms with E-state index in [0.717, 1.165) is 30.4 Å². The molecule has 0 aromatic heterocycles. The lowest BCUT2D eigenvalue weighted by Gasteiger charge is -2.59. The van der Waals surface area contributed by atoms with E-state index in [1.807, 2.05) is 42.5 Å². The fraction of sp³-hybridized carbons (Fsp3) is 0.480. The number of benzene rings is 2. The van der Waals surface area contributed by atoms with Gasteiger partial charge in [0.15, 0.2) is 5.78 Å². The predicted molar refractivity (Wildman–Crippen MR) is 110 cm³/mol. The lowest BCUT2D eigenvalue weighted by molar-refractivity contribution is -0.205. The van der Waals surface area contributed by atoms with Gasteiger partial charge in [-0.15, -0.1) is 0 Å². The first-order chi connectivity index (χ1) is 13.2. The van der Waals surface area contributed by atoms with Crippen molar-refractivity contribution in [3.63, 3.8) is 0 Å². The minimum Gasteiger partial charge on any atom is -0.387 e. The molecule has 0 bridgehead atoms. The van der Waals surface area contributed by atoms with Crippen LogP contribution in [0.15, 0.2) is 48.5 Å². The summed E-state index contributed by atoms with van der Waals surface area (Å²) in [5, 5.41) is 23.2.